The van der Waals surface area contributed by atoms with Crippen LogP contribution in [0.15, 0.2) is 54.6 Å². The standard InChI is InChI=1S/C21H20F2N2O4/c1-13(24-19(26)11-8-15-6-4-3-5-7-15)21(28)29-14(2)20(27)25-18-12-16(22)9-10-17(18)23/h3-14H,1-2H3,(H,24,26)(H,25,27)/b11-8+/t13-,14-/m0/s1. The molecule has 0 unspecified atom stereocenters. The number of carbonyl (C=O) groups is 3. The van der Waals surface area contributed by atoms with Gasteiger partial charge in [-0.25, -0.2) is 13.6 Å². The average Bonchev–Trinajstić information content (AvgIpc) is 2.69. The highest BCUT2D eigenvalue weighted by Crippen LogP contribution is 2.15. The Balaban J connectivity index is 1.86. The van der Waals surface area contributed by atoms with Crippen LogP contribution in [0.1, 0.15) is 19.4 Å². The number of nitrogens with one attached hydrogen (secondary N) is 2. The van der Waals surface area contributed by atoms with Crippen molar-refractivity contribution in [3.63, 3.8) is 0 Å². The van der Waals surface area contributed by atoms with E-state index in [1.54, 1.807) is 6.08 Å². The van der Waals surface area contributed by atoms with Crippen molar-refractivity contribution in [2.45, 2.75) is 26.0 Å². The first-order valence-corrected chi connectivity index (χ1v) is 8.76. The van der Waals surface area contributed by atoms with Gasteiger partial charge in [0, 0.05) is 12.1 Å². The van der Waals surface area contributed by atoms with Crippen LogP contribution >= 0.6 is 0 Å². The van der Waals surface area contributed by atoms with Gasteiger partial charge in [0.25, 0.3) is 5.91 Å². The van der Waals surface area contributed by atoms with Gasteiger partial charge in [-0.2, -0.15) is 0 Å². The smallest absolute Gasteiger partial charge is 0.329 e. The Labute approximate surface area is 166 Å². The van der Waals surface area contributed by atoms with Crippen LogP contribution in [-0.4, -0.2) is 29.9 Å². The van der Waals surface area contributed by atoms with E-state index in [0.29, 0.717) is 0 Å². The number of ether oxygens (including phenoxy) is 1. The number of hydrogen-bond acceptors (Lipinski definition) is 4. The summed E-state index contributed by atoms with van der Waals surface area (Å²) in [5.41, 5.74) is 0.443. The first-order chi connectivity index (χ1) is 13.8. The van der Waals surface area contributed by atoms with E-state index in [1.165, 1.54) is 19.9 Å². The van der Waals surface area contributed by atoms with Crippen LogP contribution in [0.4, 0.5) is 14.5 Å². The molecule has 2 aromatic rings. The SMILES string of the molecule is C[C@H](NC(=O)/C=C/c1ccccc1)C(=O)O[C@@H](C)C(=O)Nc1cc(F)ccc1F. The zero-order valence-electron chi connectivity index (χ0n) is 15.8. The van der Waals surface area contributed by atoms with Gasteiger partial charge in [-0.1, -0.05) is 30.3 Å². The van der Waals surface area contributed by atoms with Gasteiger partial charge in [-0.05, 0) is 37.6 Å². The van der Waals surface area contributed by atoms with E-state index in [2.05, 4.69) is 10.6 Å². The van der Waals surface area contributed by atoms with Crippen molar-refractivity contribution in [2.24, 2.45) is 0 Å². The van der Waals surface area contributed by atoms with Crippen molar-refractivity contribution in [3.05, 3.63) is 71.8 Å². The molecule has 0 spiro atoms. The highest BCUT2D eigenvalue weighted by Gasteiger charge is 2.23. The van der Waals surface area contributed by atoms with Gasteiger partial charge in [-0.15, -0.1) is 0 Å². The lowest BCUT2D eigenvalue weighted by molar-refractivity contribution is -0.155. The second-order valence-electron chi connectivity index (χ2n) is 6.17. The van der Waals surface area contributed by atoms with Crippen molar-refractivity contribution in [3.8, 4) is 0 Å². The minimum Gasteiger partial charge on any atom is -0.451 e. The van der Waals surface area contributed by atoms with Gasteiger partial charge < -0.3 is 15.4 Å². The quantitative estimate of drug-likeness (QED) is 0.551. The Kier molecular flexibility index (Phi) is 7.59. The summed E-state index contributed by atoms with van der Waals surface area (Å²) in [7, 11) is 0. The molecule has 0 saturated heterocycles. The molecule has 2 aromatic carbocycles. The van der Waals surface area contributed by atoms with Crippen LogP contribution in [-0.2, 0) is 19.1 Å². The maximum Gasteiger partial charge on any atom is 0.329 e. The molecule has 0 aliphatic carbocycles. The first-order valence-electron chi connectivity index (χ1n) is 8.76. The number of carbonyl (C=O) groups excluding carboxylic acids is 3. The largest absolute Gasteiger partial charge is 0.451 e. The van der Waals surface area contributed by atoms with Crippen molar-refractivity contribution in [1.29, 1.82) is 0 Å². The minimum atomic E-state index is -1.29. The minimum absolute atomic E-state index is 0.370. The number of anilines is 1. The van der Waals surface area contributed by atoms with E-state index in [0.717, 1.165) is 23.8 Å². The van der Waals surface area contributed by atoms with E-state index in [-0.39, 0.29) is 5.69 Å². The number of esters is 1. The zero-order chi connectivity index (χ0) is 21.4. The van der Waals surface area contributed by atoms with Crippen molar-refractivity contribution in [2.75, 3.05) is 5.32 Å². The normalized spacial score (nSPS) is 12.8. The van der Waals surface area contributed by atoms with Gasteiger partial charge in [0.15, 0.2) is 6.10 Å². The monoisotopic (exact) mass is 402 g/mol. The summed E-state index contributed by atoms with van der Waals surface area (Å²) in [4.78, 5) is 36.0. The summed E-state index contributed by atoms with van der Waals surface area (Å²) < 4.78 is 31.7. The molecule has 0 aliphatic heterocycles. The summed E-state index contributed by atoms with van der Waals surface area (Å²) in [6.45, 7) is 2.67. The molecule has 2 rings (SSSR count). The molecule has 0 radical (unpaired) electrons. The van der Waals surface area contributed by atoms with E-state index in [1.807, 2.05) is 30.3 Å². The second-order valence-corrected chi connectivity index (χ2v) is 6.17. The fourth-order valence-corrected chi connectivity index (χ4v) is 2.21. The lowest BCUT2D eigenvalue weighted by Gasteiger charge is -2.17. The number of halogens is 2. The number of amides is 2. The molecule has 29 heavy (non-hydrogen) atoms. The fraction of sp³-hybridized carbons (Fsp3) is 0.190. The van der Waals surface area contributed by atoms with Crippen LogP contribution < -0.4 is 10.6 Å². The number of benzene rings is 2. The average molecular weight is 402 g/mol. The number of hydrogen-bond donors (Lipinski definition) is 2. The van der Waals surface area contributed by atoms with Crippen LogP contribution in [0.25, 0.3) is 6.08 Å². The Morgan fingerprint density at radius 1 is 1.03 bits per heavy atom. The predicted octanol–water partition coefficient (Wildman–Crippen LogP) is 3.05. The van der Waals surface area contributed by atoms with Crippen LogP contribution in [0.2, 0.25) is 0 Å². The Hall–Kier alpha value is -3.55. The predicted molar refractivity (Wildman–Crippen MR) is 104 cm³/mol. The maximum atomic E-state index is 13.6. The Bertz CT molecular complexity index is 916. The molecule has 0 fully saturated rings. The van der Waals surface area contributed by atoms with E-state index in [4.69, 9.17) is 4.74 Å². The molecule has 152 valence electrons. The van der Waals surface area contributed by atoms with Gasteiger partial charge in [-0.3, -0.25) is 9.59 Å². The molecule has 2 atom stereocenters. The second kappa shape index (κ2) is 10.1. The summed E-state index contributed by atoms with van der Waals surface area (Å²) in [5, 5.41) is 4.56. The number of rotatable bonds is 7. The van der Waals surface area contributed by atoms with Crippen LogP contribution in [0.5, 0.6) is 0 Å². The molecule has 0 heterocycles. The molecule has 2 N–H and O–H groups in total. The van der Waals surface area contributed by atoms with Gasteiger partial charge >= 0.3 is 5.97 Å². The molecule has 0 saturated carbocycles. The Morgan fingerprint density at radius 3 is 2.41 bits per heavy atom. The highest BCUT2D eigenvalue weighted by molar-refractivity contribution is 5.97. The summed E-state index contributed by atoms with van der Waals surface area (Å²) in [6.07, 6.45) is 1.56. The zero-order valence-corrected chi connectivity index (χ0v) is 15.8. The van der Waals surface area contributed by atoms with Crippen molar-refractivity contribution >= 4 is 29.5 Å². The van der Waals surface area contributed by atoms with Crippen molar-refractivity contribution in [1.82, 2.24) is 5.32 Å². The molecule has 2 amide bonds. The van der Waals surface area contributed by atoms with Gasteiger partial charge in [0.05, 0.1) is 5.69 Å². The van der Waals surface area contributed by atoms with Gasteiger partial charge in [0.2, 0.25) is 5.91 Å². The van der Waals surface area contributed by atoms with E-state index < -0.39 is 41.6 Å². The van der Waals surface area contributed by atoms with Gasteiger partial charge in [0.1, 0.15) is 17.7 Å². The third-order valence-electron chi connectivity index (χ3n) is 3.79. The highest BCUT2D eigenvalue weighted by atomic mass is 19.1. The van der Waals surface area contributed by atoms with Crippen LogP contribution in [0, 0.1) is 11.6 Å². The molecule has 0 aromatic heterocycles. The fourth-order valence-electron chi connectivity index (χ4n) is 2.21. The lowest BCUT2D eigenvalue weighted by atomic mass is 10.2. The molecule has 8 heteroatoms. The van der Waals surface area contributed by atoms with E-state index >= 15 is 0 Å². The summed E-state index contributed by atoms with van der Waals surface area (Å²) in [6, 6.07) is 10.7. The van der Waals surface area contributed by atoms with Crippen LogP contribution in [0.3, 0.4) is 0 Å². The summed E-state index contributed by atoms with van der Waals surface area (Å²) in [5.74, 6) is -3.77. The van der Waals surface area contributed by atoms with E-state index in [9.17, 15) is 23.2 Å². The molecule has 0 aliphatic rings. The molecular formula is C21H20F2N2O4. The topological polar surface area (TPSA) is 84.5 Å². The summed E-state index contributed by atoms with van der Waals surface area (Å²) >= 11 is 0. The third kappa shape index (κ3) is 6.84. The Morgan fingerprint density at radius 2 is 1.72 bits per heavy atom. The third-order valence-corrected chi connectivity index (χ3v) is 3.79. The maximum absolute atomic E-state index is 13.6. The molecule has 0 bridgehead atoms. The molecule has 6 nitrogen and oxygen atoms in total. The first kappa shape index (κ1) is 21.7. The lowest BCUT2D eigenvalue weighted by Crippen LogP contribution is -2.41. The van der Waals surface area contributed by atoms with Crippen molar-refractivity contribution < 1.29 is 27.9 Å². The molecular weight excluding hydrogens is 382 g/mol.